The second-order valence-electron chi connectivity index (χ2n) is 6.22. The number of hydrogen-bond acceptors (Lipinski definition) is 6. The molecule has 126 valence electrons. The summed E-state index contributed by atoms with van der Waals surface area (Å²) < 4.78 is 1.95. The van der Waals surface area contributed by atoms with Crippen LogP contribution in [0.2, 0.25) is 0 Å². The van der Waals surface area contributed by atoms with Gasteiger partial charge >= 0.3 is 0 Å². The summed E-state index contributed by atoms with van der Waals surface area (Å²) in [5.74, 6) is 1.32. The highest BCUT2D eigenvalue weighted by atomic mass is 16.3. The molecule has 1 aromatic carbocycles. The maximum Gasteiger partial charge on any atom is 0.229 e. The number of fused-ring (bicyclic) bond motifs is 2. The third-order valence-electron chi connectivity index (χ3n) is 4.78. The second-order valence-corrected chi connectivity index (χ2v) is 6.22. The van der Waals surface area contributed by atoms with Gasteiger partial charge in [0.1, 0.15) is 11.8 Å². The van der Waals surface area contributed by atoms with Gasteiger partial charge in [0.15, 0.2) is 11.5 Å². The van der Waals surface area contributed by atoms with Crippen LogP contribution < -0.4 is 4.90 Å². The van der Waals surface area contributed by atoms with Gasteiger partial charge in [-0.15, -0.1) is 0 Å². The van der Waals surface area contributed by atoms with Gasteiger partial charge in [-0.1, -0.05) is 12.1 Å². The SMILES string of the molecule is OC[C@@H]1CCCN1c1nc(-n2cnc3ccccc32)c2[nH]cnc2n1. The van der Waals surface area contributed by atoms with E-state index in [2.05, 4.69) is 24.8 Å². The predicted octanol–water partition coefficient (Wildman–Crippen LogP) is 1.65. The Kier molecular flexibility index (Phi) is 3.17. The smallest absolute Gasteiger partial charge is 0.229 e. The van der Waals surface area contributed by atoms with E-state index < -0.39 is 0 Å². The summed E-state index contributed by atoms with van der Waals surface area (Å²) in [6, 6.07) is 7.99. The Labute approximate surface area is 143 Å². The molecule has 4 heterocycles. The van der Waals surface area contributed by atoms with Gasteiger partial charge in [-0.05, 0) is 25.0 Å². The van der Waals surface area contributed by atoms with Crippen molar-refractivity contribution in [1.29, 1.82) is 0 Å². The Morgan fingerprint density at radius 1 is 1.20 bits per heavy atom. The number of para-hydroxylation sites is 2. The molecule has 1 aliphatic rings. The van der Waals surface area contributed by atoms with Crippen LogP contribution in [-0.4, -0.2) is 53.8 Å². The molecule has 0 unspecified atom stereocenters. The van der Waals surface area contributed by atoms with E-state index in [4.69, 9.17) is 4.98 Å². The molecule has 0 saturated carbocycles. The van der Waals surface area contributed by atoms with Crippen molar-refractivity contribution in [2.75, 3.05) is 18.1 Å². The maximum absolute atomic E-state index is 9.63. The summed E-state index contributed by atoms with van der Waals surface area (Å²) in [4.78, 5) is 23.4. The maximum atomic E-state index is 9.63. The zero-order valence-corrected chi connectivity index (χ0v) is 13.5. The highest BCUT2D eigenvalue weighted by molar-refractivity contribution is 5.84. The topological polar surface area (TPSA) is 95.8 Å². The van der Waals surface area contributed by atoms with Crippen molar-refractivity contribution in [2.24, 2.45) is 0 Å². The minimum Gasteiger partial charge on any atom is -0.394 e. The number of aromatic amines is 1. The van der Waals surface area contributed by atoms with Crippen LogP contribution in [0.1, 0.15) is 12.8 Å². The van der Waals surface area contributed by atoms with E-state index in [1.54, 1.807) is 12.7 Å². The van der Waals surface area contributed by atoms with E-state index in [-0.39, 0.29) is 12.6 Å². The summed E-state index contributed by atoms with van der Waals surface area (Å²) in [5, 5.41) is 9.63. The zero-order chi connectivity index (χ0) is 16.8. The molecular weight excluding hydrogens is 318 g/mol. The standard InChI is InChI=1S/C17H17N7O/c25-8-11-4-3-7-23(11)17-21-15-14(18-9-19-15)16(22-17)24-10-20-12-5-1-2-6-13(12)24/h1-2,5-6,9-11,25H,3-4,7-8H2,(H,18,19,21,22)/t11-/m0/s1. The lowest BCUT2D eigenvalue weighted by molar-refractivity contribution is 0.265. The first-order chi connectivity index (χ1) is 12.3. The predicted molar refractivity (Wildman–Crippen MR) is 93.8 cm³/mol. The first kappa shape index (κ1) is 14.4. The van der Waals surface area contributed by atoms with Crippen LogP contribution >= 0.6 is 0 Å². The van der Waals surface area contributed by atoms with Crippen molar-refractivity contribution in [3.63, 3.8) is 0 Å². The third kappa shape index (κ3) is 2.18. The highest BCUT2D eigenvalue weighted by Crippen LogP contribution is 2.27. The fourth-order valence-electron chi connectivity index (χ4n) is 3.53. The fourth-order valence-corrected chi connectivity index (χ4v) is 3.53. The number of aliphatic hydroxyl groups excluding tert-OH is 1. The van der Waals surface area contributed by atoms with Gasteiger partial charge < -0.3 is 15.0 Å². The van der Waals surface area contributed by atoms with Crippen molar-refractivity contribution in [2.45, 2.75) is 18.9 Å². The Bertz CT molecular complexity index is 1050. The number of benzene rings is 1. The van der Waals surface area contributed by atoms with Crippen molar-refractivity contribution < 1.29 is 5.11 Å². The summed E-state index contributed by atoms with van der Waals surface area (Å²) in [5.41, 5.74) is 3.26. The van der Waals surface area contributed by atoms with Gasteiger partial charge in [0.2, 0.25) is 5.95 Å². The third-order valence-corrected chi connectivity index (χ3v) is 4.78. The molecule has 0 spiro atoms. The van der Waals surface area contributed by atoms with Gasteiger partial charge in [-0.2, -0.15) is 9.97 Å². The molecule has 0 bridgehead atoms. The minimum absolute atomic E-state index is 0.0590. The average molecular weight is 335 g/mol. The number of nitrogens with one attached hydrogen (secondary N) is 1. The monoisotopic (exact) mass is 335 g/mol. The molecule has 0 aliphatic carbocycles. The Hall–Kier alpha value is -3.00. The van der Waals surface area contributed by atoms with Crippen molar-refractivity contribution >= 4 is 28.1 Å². The summed E-state index contributed by atoms with van der Waals surface area (Å²) in [6.45, 7) is 0.941. The first-order valence-electron chi connectivity index (χ1n) is 8.36. The number of aliphatic hydroxyl groups is 1. The van der Waals surface area contributed by atoms with E-state index in [9.17, 15) is 5.11 Å². The molecule has 0 amide bonds. The zero-order valence-electron chi connectivity index (χ0n) is 13.5. The van der Waals surface area contributed by atoms with E-state index in [0.29, 0.717) is 11.6 Å². The molecule has 1 aliphatic heterocycles. The van der Waals surface area contributed by atoms with E-state index in [1.165, 1.54) is 0 Å². The van der Waals surface area contributed by atoms with Gasteiger partial charge in [0.25, 0.3) is 0 Å². The normalized spacial score (nSPS) is 17.8. The first-order valence-corrected chi connectivity index (χ1v) is 8.36. The van der Waals surface area contributed by atoms with Crippen LogP contribution in [0.5, 0.6) is 0 Å². The number of nitrogens with zero attached hydrogens (tertiary/aromatic N) is 6. The molecule has 8 heteroatoms. The molecule has 1 atom stereocenters. The van der Waals surface area contributed by atoms with Gasteiger partial charge in [0.05, 0.1) is 30.0 Å². The number of hydrogen-bond donors (Lipinski definition) is 2. The minimum atomic E-state index is 0.0590. The van der Waals surface area contributed by atoms with Crippen LogP contribution in [-0.2, 0) is 0 Å². The Morgan fingerprint density at radius 3 is 3.04 bits per heavy atom. The van der Waals surface area contributed by atoms with Crippen LogP contribution in [0.3, 0.4) is 0 Å². The second kappa shape index (κ2) is 5.52. The van der Waals surface area contributed by atoms with Crippen LogP contribution in [0, 0.1) is 0 Å². The Morgan fingerprint density at radius 2 is 2.12 bits per heavy atom. The van der Waals surface area contributed by atoms with Gasteiger partial charge in [-0.3, -0.25) is 4.57 Å². The van der Waals surface area contributed by atoms with Gasteiger partial charge in [-0.25, -0.2) is 9.97 Å². The lowest BCUT2D eigenvalue weighted by Crippen LogP contribution is -2.33. The van der Waals surface area contributed by atoms with Crippen LogP contribution in [0.15, 0.2) is 36.9 Å². The number of aromatic nitrogens is 6. The van der Waals surface area contributed by atoms with E-state index >= 15 is 0 Å². The number of anilines is 1. The lowest BCUT2D eigenvalue weighted by Gasteiger charge is -2.23. The van der Waals surface area contributed by atoms with Gasteiger partial charge in [0, 0.05) is 6.54 Å². The summed E-state index contributed by atoms with van der Waals surface area (Å²) in [7, 11) is 0. The highest BCUT2D eigenvalue weighted by Gasteiger charge is 2.27. The lowest BCUT2D eigenvalue weighted by atomic mass is 10.2. The molecule has 3 aromatic heterocycles. The molecule has 8 nitrogen and oxygen atoms in total. The van der Waals surface area contributed by atoms with Crippen molar-refractivity contribution in [3.8, 4) is 5.82 Å². The molecule has 4 aromatic rings. The molecule has 5 rings (SSSR count). The van der Waals surface area contributed by atoms with Crippen LogP contribution in [0.25, 0.3) is 28.0 Å². The number of rotatable bonds is 3. The molecule has 2 N–H and O–H groups in total. The quantitative estimate of drug-likeness (QED) is 0.591. The summed E-state index contributed by atoms with van der Waals surface area (Å²) >= 11 is 0. The molecule has 1 saturated heterocycles. The summed E-state index contributed by atoms with van der Waals surface area (Å²) in [6.07, 6.45) is 5.36. The molecular formula is C17H17N7O. The average Bonchev–Trinajstić information content (AvgIpc) is 3.38. The van der Waals surface area contributed by atoms with E-state index in [1.807, 2.05) is 28.8 Å². The Balaban J connectivity index is 1.73. The number of H-pyrrole nitrogens is 1. The molecule has 25 heavy (non-hydrogen) atoms. The molecule has 1 fully saturated rings. The molecule has 0 radical (unpaired) electrons. The number of imidazole rings is 2. The fraction of sp³-hybridized carbons (Fsp3) is 0.294. The van der Waals surface area contributed by atoms with Crippen LogP contribution in [0.4, 0.5) is 5.95 Å². The largest absolute Gasteiger partial charge is 0.394 e. The van der Waals surface area contributed by atoms with Crippen molar-refractivity contribution in [1.82, 2.24) is 29.5 Å². The van der Waals surface area contributed by atoms with Crippen molar-refractivity contribution in [3.05, 3.63) is 36.9 Å². The van der Waals surface area contributed by atoms with E-state index in [0.717, 1.165) is 41.8 Å².